The first-order valence-corrected chi connectivity index (χ1v) is 7.35. The van der Waals surface area contributed by atoms with Crippen LogP contribution in [0.2, 0.25) is 0 Å². The highest BCUT2D eigenvalue weighted by Gasteiger charge is 2.42. The second-order valence-electron chi connectivity index (χ2n) is 6.34. The molecule has 2 N–H and O–H groups in total. The Hall–Kier alpha value is -0.120. The Morgan fingerprint density at radius 2 is 1.76 bits per heavy atom. The van der Waals surface area contributed by atoms with E-state index in [9.17, 15) is 0 Å². The van der Waals surface area contributed by atoms with E-state index in [1.165, 1.54) is 38.8 Å². The van der Waals surface area contributed by atoms with Crippen molar-refractivity contribution < 1.29 is 4.74 Å². The molecule has 2 atom stereocenters. The fourth-order valence-electron chi connectivity index (χ4n) is 4.22. The molecule has 0 aromatic heterocycles. The molecule has 3 aliphatic rings. The summed E-state index contributed by atoms with van der Waals surface area (Å²) in [6.07, 6.45) is 8.12. The third kappa shape index (κ3) is 2.25. The first-order valence-electron chi connectivity index (χ1n) is 7.35. The van der Waals surface area contributed by atoms with Crippen molar-refractivity contribution in [3.8, 4) is 0 Å². The molecule has 3 nitrogen and oxygen atoms in total. The minimum Gasteiger partial charge on any atom is -0.381 e. The highest BCUT2D eigenvalue weighted by Crippen LogP contribution is 2.39. The van der Waals surface area contributed by atoms with Gasteiger partial charge in [-0.25, -0.2) is 0 Å². The maximum absolute atomic E-state index is 6.12. The monoisotopic (exact) mass is 238 g/mol. The van der Waals surface area contributed by atoms with Gasteiger partial charge in [0.1, 0.15) is 0 Å². The second kappa shape index (κ2) is 4.87. The van der Waals surface area contributed by atoms with Crippen LogP contribution >= 0.6 is 0 Å². The molecule has 0 amide bonds. The van der Waals surface area contributed by atoms with Gasteiger partial charge in [0.25, 0.3) is 0 Å². The van der Waals surface area contributed by atoms with Crippen molar-refractivity contribution in [3.63, 3.8) is 0 Å². The molecule has 2 saturated heterocycles. The van der Waals surface area contributed by atoms with Crippen molar-refractivity contribution >= 4 is 0 Å². The molecular weight excluding hydrogens is 212 g/mol. The maximum atomic E-state index is 6.12. The van der Waals surface area contributed by atoms with Crippen molar-refractivity contribution in [2.75, 3.05) is 32.8 Å². The van der Waals surface area contributed by atoms with E-state index in [4.69, 9.17) is 10.5 Å². The number of rotatable bonds is 2. The fraction of sp³-hybridized carbons (Fsp3) is 1.00. The lowest BCUT2D eigenvalue weighted by atomic mass is 9.75. The molecule has 2 unspecified atom stereocenters. The molecule has 3 rings (SSSR count). The van der Waals surface area contributed by atoms with Gasteiger partial charge in [-0.05, 0) is 43.9 Å². The first-order chi connectivity index (χ1) is 8.32. The van der Waals surface area contributed by atoms with Crippen LogP contribution < -0.4 is 5.73 Å². The average molecular weight is 238 g/mol. The van der Waals surface area contributed by atoms with E-state index < -0.39 is 0 Å². The number of hydrogen-bond donors (Lipinski definition) is 1. The van der Waals surface area contributed by atoms with E-state index in [0.717, 1.165) is 44.4 Å². The summed E-state index contributed by atoms with van der Waals surface area (Å²) >= 11 is 0. The van der Waals surface area contributed by atoms with E-state index >= 15 is 0 Å². The predicted molar refractivity (Wildman–Crippen MR) is 68.9 cm³/mol. The summed E-state index contributed by atoms with van der Waals surface area (Å²) < 4.78 is 5.53. The lowest BCUT2D eigenvalue weighted by Crippen LogP contribution is -2.61. The second-order valence-corrected chi connectivity index (χ2v) is 6.34. The van der Waals surface area contributed by atoms with Crippen LogP contribution in [0.3, 0.4) is 0 Å². The Morgan fingerprint density at radius 3 is 2.35 bits per heavy atom. The molecule has 3 heteroatoms. The topological polar surface area (TPSA) is 38.5 Å². The smallest absolute Gasteiger partial charge is 0.0484 e. The number of nitrogens with zero attached hydrogens (tertiary/aromatic N) is 1. The number of ether oxygens (including phenoxy) is 1. The molecule has 2 aliphatic heterocycles. The molecule has 98 valence electrons. The Bertz CT molecular complexity index is 251. The van der Waals surface area contributed by atoms with Crippen LogP contribution in [-0.2, 0) is 4.74 Å². The zero-order valence-electron chi connectivity index (χ0n) is 10.9. The first kappa shape index (κ1) is 11.9. The number of fused-ring (bicyclic) bond motifs is 2. The summed E-state index contributed by atoms with van der Waals surface area (Å²) in [5, 5.41) is 0. The number of nitrogens with two attached hydrogens (primary N) is 1. The van der Waals surface area contributed by atoms with Gasteiger partial charge in [-0.2, -0.15) is 0 Å². The van der Waals surface area contributed by atoms with E-state index in [1.807, 2.05) is 0 Å². The molecule has 2 bridgehead atoms. The van der Waals surface area contributed by atoms with Gasteiger partial charge in [-0.15, -0.1) is 0 Å². The van der Waals surface area contributed by atoms with Crippen LogP contribution in [0.5, 0.6) is 0 Å². The van der Waals surface area contributed by atoms with Crippen LogP contribution in [0, 0.1) is 11.8 Å². The third-order valence-electron chi connectivity index (χ3n) is 5.32. The van der Waals surface area contributed by atoms with Gasteiger partial charge in [-0.3, -0.25) is 4.90 Å². The van der Waals surface area contributed by atoms with Gasteiger partial charge in [-0.1, -0.05) is 6.42 Å². The SMILES string of the molecule is NCC1(N2CC3CCCC(C3)C2)CCOCC1. The molecule has 0 aromatic rings. The minimum atomic E-state index is 0.270. The largest absolute Gasteiger partial charge is 0.381 e. The lowest BCUT2D eigenvalue weighted by Gasteiger charge is -2.52. The molecule has 0 radical (unpaired) electrons. The van der Waals surface area contributed by atoms with E-state index in [-0.39, 0.29) is 5.54 Å². The molecule has 3 fully saturated rings. The zero-order valence-corrected chi connectivity index (χ0v) is 10.9. The van der Waals surface area contributed by atoms with Gasteiger partial charge in [0.15, 0.2) is 0 Å². The zero-order chi connectivity index (χ0) is 11.7. The van der Waals surface area contributed by atoms with E-state index in [0.29, 0.717) is 0 Å². The van der Waals surface area contributed by atoms with Gasteiger partial charge >= 0.3 is 0 Å². The Morgan fingerprint density at radius 1 is 1.12 bits per heavy atom. The molecule has 2 heterocycles. The Labute approximate surface area is 105 Å². The molecule has 0 spiro atoms. The highest BCUT2D eigenvalue weighted by atomic mass is 16.5. The van der Waals surface area contributed by atoms with E-state index in [1.54, 1.807) is 0 Å². The van der Waals surface area contributed by atoms with Crippen LogP contribution in [0.1, 0.15) is 38.5 Å². The van der Waals surface area contributed by atoms with Crippen LogP contribution in [-0.4, -0.2) is 43.3 Å². The average Bonchev–Trinajstić information content (AvgIpc) is 2.39. The van der Waals surface area contributed by atoms with Gasteiger partial charge in [0.2, 0.25) is 0 Å². The molecule has 1 aliphatic carbocycles. The third-order valence-corrected chi connectivity index (χ3v) is 5.32. The predicted octanol–water partition coefficient (Wildman–Crippen LogP) is 1.62. The maximum Gasteiger partial charge on any atom is 0.0484 e. The quantitative estimate of drug-likeness (QED) is 0.794. The van der Waals surface area contributed by atoms with Crippen LogP contribution in [0.15, 0.2) is 0 Å². The minimum absolute atomic E-state index is 0.270. The van der Waals surface area contributed by atoms with Gasteiger partial charge in [0, 0.05) is 38.4 Å². The molecule has 0 aromatic carbocycles. The summed E-state index contributed by atoms with van der Waals surface area (Å²) in [7, 11) is 0. The Kier molecular flexibility index (Phi) is 3.42. The highest BCUT2D eigenvalue weighted by molar-refractivity contribution is 4.98. The van der Waals surface area contributed by atoms with Crippen molar-refractivity contribution in [1.29, 1.82) is 0 Å². The van der Waals surface area contributed by atoms with Gasteiger partial charge < -0.3 is 10.5 Å². The summed E-state index contributed by atoms with van der Waals surface area (Å²) in [4.78, 5) is 2.74. The molecule has 17 heavy (non-hydrogen) atoms. The van der Waals surface area contributed by atoms with Gasteiger partial charge in [0.05, 0.1) is 0 Å². The summed E-state index contributed by atoms with van der Waals surface area (Å²) in [6, 6.07) is 0. The number of hydrogen-bond acceptors (Lipinski definition) is 3. The summed E-state index contributed by atoms with van der Waals surface area (Å²) in [5.41, 5.74) is 6.39. The number of piperidine rings is 1. The molecule has 1 saturated carbocycles. The summed E-state index contributed by atoms with van der Waals surface area (Å²) in [6.45, 7) is 5.23. The fourth-order valence-corrected chi connectivity index (χ4v) is 4.22. The van der Waals surface area contributed by atoms with E-state index in [2.05, 4.69) is 4.90 Å². The standard InChI is InChI=1S/C14H26N2O/c15-11-14(4-6-17-7-5-14)16-9-12-2-1-3-13(8-12)10-16/h12-13H,1-11,15H2. The van der Waals surface area contributed by atoms with Crippen molar-refractivity contribution in [1.82, 2.24) is 4.90 Å². The van der Waals surface area contributed by atoms with Crippen molar-refractivity contribution in [2.45, 2.75) is 44.1 Å². The number of likely N-dealkylation sites (tertiary alicyclic amines) is 1. The van der Waals surface area contributed by atoms with Crippen molar-refractivity contribution in [2.24, 2.45) is 17.6 Å². The molecular formula is C14H26N2O. The summed E-state index contributed by atoms with van der Waals surface area (Å²) in [5.74, 6) is 1.91. The van der Waals surface area contributed by atoms with Crippen molar-refractivity contribution in [3.05, 3.63) is 0 Å². The van der Waals surface area contributed by atoms with Crippen LogP contribution in [0.25, 0.3) is 0 Å². The Balaban J connectivity index is 1.73. The van der Waals surface area contributed by atoms with Crippen LogP contribution in [0.4, 0.5) is 0 Å². The lowest BCUT2D eigenvalue weighted by molar-refractivity contribution is -0.0599. The normalized spacial score (nSPS) is 37.9.